The number of nitrogens with one attached hydrogen (secondary N) is 1. The second-order valence-corrected chi connectivity index (χ2v) is 2.60. The fourth-order valence-electron chi connectivity index (χ4n) is 0.507. The van der Waals surface area contributed by atoms with Crippen LogP contribution in [0.2, 0.25) is 0 Å². The molecule has 0 heterocycles. The molecule has 0 unspecified atom stereocenters. The topological polar surface area (TPSA) is 29.1 Å². The number of hydrogen-bond donors (Lipinski definition) is 1. The number of allylic oxidation sites excluding steroid dienone is 1. The zero-order valence-corrected chi connectivity index (χ0v) is 7.06. The van der Waals surface area contributed by atoms with Gasteiger partial charge in [-0.3, -0.25) is 4.79 Å². The third-order valence-electron chi connectivity index (χ3n) is 1.21. The van der Waals surface area contributed by atoms with Crippen LogP contribution in [0.4, 0.5) is 0 Å². The molecule has 0 rings (SSSR count). The maximum Gasteiger partial charge on any atom is 0.246 e. The Kier molecular flexibility index (Phi) is 3.77. The van der Waals surface area contributed by atoms with Crippen molar-refractivity contribution in [3.05, 3.63) is 11.6 Å². The van der Waals surface area contributed by atoms with Crippen molar-refractivity contribution in [2.24, 2.45) is 0 Å². The Hall–Kier alpha value is -0.790. The van der Waals surface area contributed by atoms with Crippen LogP contribution < -0.4 is 5.32 Å². The van der Waals surface area contributed by atoms with Crippen molar-refractivity contribution in [3.63, 3.8) is 0 Å². The molecule has 0 aliphatic carbocycles. The molecule has 0 aliphatic heterocycles. The molecular weight excluding hydrogens is 126 g/mol. The molecule has 2 heteroatoms. The van der Waals surface area contributed by atoms with Crippen molar-refractivity contribution < 1.29 is 4.79 Å². The molecule has 0 atom stereocenters. The summed E-state index contributed by atoms with van der Waals surface area (Å²) in [6, 6.07) is 0.224. The average Bonchev–Trinajstić information content (AvgIpc) is 1.85. The molecule has 0 aromatic rings. The number of amides is 1. The zero-order valence-electron chi connectivity index (χ0n) is 7.06. The van der Waals surface area contributed by atoms with Crippen LogP contribution in [0.5, 0.6) is 0 Å². The Morgan fingerprint density at radius 2 is 2.00 bits per heavy atom. The van der Waals surface area contributed by atoms with Crippen LogP contribution in [0, 0.1) is 0 Å². The predicted octanol–water partition coefficient (Wildman–Crippen LogP) is 1.48. The molecule has 0 aromatic heterocycles. The van der Waals surface area contributed by atoms with E-state index in [-0.39, 0.29) is 11.9 Å². The molecule has 2 nitrogen and oxygen atoms in total. The molecule has 0 aromatic carbocycles. The quantitative estimate of drug-likeness (QED) is 0.580. The van der Waals surface area contributed by atoms with E-state index in [4.69, 9.17) is 0 Å². The number of carbonyl (C=O) groups excluding carboxylic acids is 1. The lowest BCUT2D eigenvalue weighted by Crippen LogP contribution is -2.30. The minimum atomic E-state index is 0.0255. The summed E-state index contributed by atoms with van der Waals surface area (Å²) in [6.07, 6.45) is 1.80. The van der Waals surface area contributed by atoms with Crippen molar-refractivity contribution in [3.8, 4) is 0 Å². The van der Waals surface area contributed by atoms with E-state index in [1.54, 1.807) is 13.0 Å². The SMILES string of the molecule is C/C=C(\C)C(=O)NC(C)C. The first-order valence-electron chi connectivity index (χ1n) is 3.51. The van der Waals surface area contributed by atoms with Crippen LogP contribution in [0.1, 0.15) is 27.7 Å². The van der Waals surface area contributed by atoms with E-state index in [1.165, 1.54) is 0 Å². The second kappa shape index (κ2) is 4.09. The molecule has 0 saturated heterocycles. The lowest BCUT2D eigenvalue weighted by Gasteiger charge is -2.07. The molecule has 0 spiro atoms. The molecule has 58 valence electrons. The smallest absolute Gasteiger partial charge is 0.246 e. The summed E-state index contributed by atoms with van der Waals surface area (Å²) in [5.41, 5.74) is 0.772. The maximum absolute atomic E-state index is 11.0. The molecule has 0 fully saturated rings. The van der Waals surface area contributed by atoms with Crippen LogP contribution in [-0.4, -0.2) is 11.9 Å². The summed E-state index contributed by atoms with van der Waals surface area (Å²) in [5.74, 6) is 0.0255. The first-order chi connectivity index (χ1) is 4.57. The van der Waals surface area contributed by atoms with Crippen LogP contribution >= 0.6 is 0 Å². The van der Waals surface area contributed by atoms with Gasteiger partial charge in [-0.05, 0) is 27.7 Å². The zero-order chi connectivity index (χ0) is 8.15. The molecule has 0 radical (unpaired) electrons. The van der Waals surface area contributed by atoms with Gasteiger partial charge in [0.05, 0.1) is 0 Å². The van der Waals surface area contributed by atoms with E-state index in [2.05, 4.69) is 5.32 Å². The Morgan fingerprint density at radius 3 is 2.30 bits per heavy atom. The average molecular weight is 141 g/mol. The van der Waals surface area contributed by atoms with Crippen LogP contribution in [0.15, 0.2) is 11.6 Å². The van der Waals surface area contributed by atoms with E-state index in [1.807, 2.05) is 20.8 Å². The maximum atomic E-state index is 11.0. The lowest BCUT2D eigenvalue weighted by molar-refractivity contribution is -0.117. The summed E-state index contributed by atoms with van der Waals surface area (Å²) < 4.78 is 0. The van der Waals surface area contributed by atoms with E-state index in [0.717, 1.165) is 5.57 Å². The van der Waals surface area contributed by atoms with Crippen molar-refractivity contribution in [1.29, 1.82) is 0 Å². The van der Waals surface area contributed by atoms with Gasteiger partial charge >= 0.3 is 0 Å². The molecular formula is C8H15NO. The number of hydrogen-bond acceptors (Lipinski definition) is 1. The Bertz CT molecular complexity index is 147. The van der Waals surface area contributed by atoms with Crippen LogP contribution in [0.3, 0.4) is 0 Å². The van der Waals surface area contributed by atoms with Gasteiger partial charge in [-0.15, -0.1) is 0 Å². The Balaban J connectivity index is 3.86. The minimum absolute atomic E-state index is 0.0255. The highest BCUT2D eigenvalue weighted by Gasteiger charge is 2.02. The monoisotopic (exact) mass is 141 g/mol. The van der Waals surface area contributed by atoms with Gasteiger partial charge in [0.2, 0.25) is 5.91 Å². The van der Waals surface area contributed by atoms with Gasteiger partial charge in [-0.25, -0.2) is 0 Å². The van der Waals surface area contributed by atoms with Crippen molar-refractivity contribution in [2.75, 3.05) is 0 Å². The highest BCUT2D eigenvalue weighted by atomic mass is 16.1. The van der Waals surface area contributed by atoms with Crippen LogP contribution in [0.25, 0.3) is 0 Å². The van der Waals surface area contributed by atoms with Gasteiger partial charge in [-0.1, -0.05) is 6.08 Å². The van der Waals surface area contributed by atoms with Gasteiger partial charge in [0.15, 0.2) is 0 Å². The highest BCUT2D eigenvalue weighted by molar-refractivity contribution is 5.92. The van der Waals surface area contributed by atoms with Gasteiger partial charge in [0.25, 0.3) is 0 Å². The largest absolute Gasteiger partial charge is 0.350 e. The van der Waals surface area contributed by atoms with Crippen molar-refractivity contribution >= 4 is 5.91 Å². The predicted molar refractivity (Wildman–Crippen MR) is 42.7 cm³/mol. The van der Waals surface area contributed by atoms with E-state index < -0.39 is 0 Å². The number of carbonyl (C=O) groups is 1. The molecule has 1 N–H and O–H groups in total. The Morgan fingerprint density at radius 1 is 1.50 bits per heavy atom. The molecule has 0 aliphatic rings. The summed E-state index contributed by atoms with van der Waals surface area (Å²) in [7, 11) is 0. The lowest BCUT2D eigenvalue weighted by atomic mass is 10.2. The second-order valence-electron chi connectivity index (χ2n) is 2.60. The highest BCUT2D eigenvalue weighted by Crippen LogP contribution is 1.91. The third-order valence-corrected chi connectivity index (χ3v) is 1.21. The van der Waals surface area contributed by atoms with E-state index >= 15 is 0 Å². The van der Waals surface area contributed by atoms with Gasteiger partial charge in [-0.2, -0.15) is 0 Å². The van der Waals surface area contributed by atoms with E-state index in [9.17, 15) is 4.79 Å². The van der Waals surface area contributed by atoms with Gasteiger partial charge in [0, 0.05) is 11.6 Å². The summed E-state index contributed by atoms with van der Waals surface area (Å²) in [6.45, 7) is 7.55. The van der Waals surface area contributed by atoms with E-state index in [0.29, 0.717) is 0 Å². The fourth-order valence-corrected chi connectivity index (χ4v) is 0.507. The van der Waals surface area contributed by atoms with Crippen molar-refractivity contribution in [1.82, 2.24) is 5.32 Å². The first-order valence-corrected chi connectivity index (χ1v) is 3.51. The first kappa shape index (κ1) is 9.21. The standard InChI is InChI=1S/C8H15NO/c1-5-7(4)8(10)9-6(2)3/h5-6H,1-4H3,(H,9,10)/b7-5+. The fraction of sp³-hybridized carbons (Fsp3) is 0.625. The van der Waals surface area contributed by atoms with Gasteiger partial charge < -0.3 is 5.32 Å². The molecule has 1 amide bonds. The van der Waals surface area contributed by atoms with Crippen molar-refractivity contribution in [2.45, 2.75) is 33.7 Å². The summed E-state index contributed by atoms with van der Waals surface area (Å²) in [5, 5.41) is 2.79. The molecule has 0 bridgehead atoms. The minimum Gasteiger partial charge on any atom is -0.350 e. The van der Waals surface area contributed by atoms with Gasteiger partial charge in [0.1, 0.15) is 0 Å². The summed E-state index contributed by atoms with van der Waals surface area (Å²) >= 11 is 0. The molecule has 10 heavy (non-hydrogen) atoms. The normalized spacial score (nSPS) is 11.9. The summed E-state index contributed by atoms with van der Waals surface area (Å²) in [4.78, 5) is 11.0. The molecule has 0 saturated carbocycles. The van der Waals surface area contributed by atoms with Crippen LogP contribution in [-0.2, 0) is 4.79 Å². The number of rotatable bonds is 2. The Labute approximate surface area is 62.3 Å². The third kappa shape index (κ3) is 3.28.